The number of rotatable bonds is 7. The van der Waals surface area contributed by atoms with Gasteiger partial charge >= 0.3 is 0 Å². The quantitative estimate of drug-likeness (QED) is 0.757. The smallest absolute Gasteiger partial charge is 0.221 e. The van der Waals surface area contributed by atoms with Gasteiger partial charge in [0, 0.05) is 29.7 Å². The maximum Gasteiger partial charge on any atom is 0.221 e. The highest BCUT2D eigenvalue weighted by Crippen LogP contribution is 2.21. The average molecular weight is 285 g/mol. The lowest BCUT2D eigenvalue weighted by Gasteiger charge is -2.19. The molecule has 0 aliphatic rings. The van der Waals surface area contributed by atoms with Crippen molar-refractivity contribution in [3.8, 4) is 0 Å². The Morgan fingerprint density at radius 3 is 2.74 bits per heavy atom. The molecule has 1 rings (SSSR count). The van der Waals surface area contributed by atoms with E-state index in [-0.39, 0.29) is 30.3 Å². The third-order valence-corrected chi connectivity index (χ3v) is 4.00. The van der Waals surface area contributed by atoms with Crippen molar-refractivity contribution in [2.45, 2.75) is 31.2 Å². The summed E-state index contributed by atoms with van der Waals surface area (Å²) >= 11 is 1.33. The highest BCUT2D eigenvalue weighted by Gasteiger charge is 2.13. The first-order valence-electron chi connectivity index (χ1n) is 6.32. The lowest BCUT2D eigenvalue weighted by molar-refractivity contribution is -0.121. The minimum Gasteiger partial charge on any atom is -0.396 e. The van der Waals surface area contributed by atoms with Crippen molar-refractivity contribution in [2.75, 3.05) is 12.4 Å². The molecule has 5 heteroatoms. The SMILES string of the molecule is CC(CO)C(C)NC(=O)CCSc1ccccc1F. The second-order valence-corrected chi connectivity index (χ2v) is 5.68. The Balaban J connectivity index is 2.30. The van der Waals surface area contributed by atoms with E-state index < -0.39 is 0 Å². The van der Waals surface area contributed by atoms with Crippen molar-refractivity contribution in [1.82, 2.24) is 5.32 Å². The van der Waals surface area contributed by atoms with Crippen LogP contribution >= 0.6 is 11.8 Å². The van der Waals surface area contributed by atoms with Gasteiger partial charge in [-0.1, -0.05) is 19.1 Å². The molecule has 19 heavy (non-hydrogen) atoms. The van der Waals surface area contributed by atoms with Crippen LogP contribution in [0.4, 0.5) is 4.39 Å². The molecule has 0 aliphatic heterocycles. The molecule has 0 fully saturated rings. The third kappa shape index (κ3) is 5.61. The van der Waals surface area contributed by atoms with Gasteiger partial charge in [0.2, 0.25) is 5.91 Å². The molecule has 0 spiro atoms. The fraction of sp³-hybridized carbons (Fsp3) is 0.500. The molecule has 2 atom stereocenters. The summed E-state index contributed by atoms with van der Waals surface area (Å²) in [6.07, 6.45) is 0.335. The summed E-state index contributed by atoms with van der Waals surface area (Å²) in [6, 6.07) is 6.47. The Kier molecular flexibility index (Phi) is 6.87. The molecule has 0 saturated heterocycles. The van der Waals surface area contributed by atoms with Crippen LogP contribution in [0.15, 0.2) is 29.2 Å². The molecule has 0 aliphatic carbocycles. The van der Waals surface area contributed by atoms with Gasteiger partial charge in [-0.05, 0) is 25.0 Å². The molecule has 0 radical (unpaired) electrons. The number of nitrogens with one attached hydrogen (secondary N) is 1. The van der Waals surface area contributed by atoms with Gasteiger partial charge in [-0.3, -0.25) is 4.79 Å². The minimum absolute atomic E-state index is 0.0307. The molecule has 0 saturated carbocycles. The highest BCUT2D eigenvalue weighted by molar-refractivity contribution is 7.99. The lowest BCUT2D eigenvalue weighted by Crippen LogP contribution is -2.38. The van der Waals surface area contributed by atoms with Crippen LogP contribution in [0.2, 0.25) is 0 Å². The van der Waals surface area contributed by atoms with Gasteiger partial charge < -0.3 is 10.4 Å². The Labute approximate surface area is 117 Å². The van der Waals surface area contributed by atoms with Crippen LogP contribution in [0.5, 0.6) is 0 Å². The van der Waals surface area contributed by atoms with Crippen molar-refractivity contribution < 1.29 is 14.3 Å². The summed E-state index contributed by atoms with van der Waals surface area (Å²) in [4.78, 5) is 12.2. The Morgan fingerprint density at radius 2 is 2.11 bits per heavy atom. The van der Waals surface area contributed by atoms with Crippen molar-refractivity contribution in [3.63, 3.8) is 0 Å². The Morgan fingerprint density at radius 1 is 1.42 bits per heavy atom. The number of aliphatic hydroxyl groups excluding tert-OH is 1. The van der Waals surface area contributed by atoms with Crippen LogP contribution in [0.3, 0.4) is 0 Å². The van der Waals surface area contributed by atoms with Crippen LogP contribution < -0.4 is 5.32 Å². The zero-order valence-electron chi connectivity index (χ0n) is 11.2. The van der Waals surface area contributed by atoms with Gasteiger partial charge in [-0.2, -0.15) is 0 Å². The summed E-state index contributed by atoms with van der Waals surface area (Å²) in [7, 11) is 0. The van der Waals surface area contributed by atoms with Gasteiger partial charge in [-0.25, -0.2) is 4.39 Å². The molecule has 0 aromatic heterocycles. The topological polar surface area (TPSA) is 49.3 Å². The van der Waals surface area contributed by atoms with E-state index in [4.69, 9.17) is 5.11 Å². The van der Waals surface area contributed by atoms with E-state index >= 15 is 0 Å². The monoisotopic (exact) mass is 285 g/mol. The summed E-state index contributed by atoms with van der Waals surface area (Å²) < 4.78 is 13.3. The van der Waals surface area contributed by atoms with Crippen LogP contribution in [-0.4, -0.2) is 29.4 Å². The highest BCUT2D eigenvalue weighted by atomic mass is 32.2. The first-order valence-corrected chi connectivity index (χ1v) is 7.30. The number of hydrogen-bond acceptors (Lipinski definition) is 3. The summed E-state index contributed by atoms with van der Waals surface area (Å²) in [5, 5.41) is 11.8. The number of thioether (sulfide) groups is 1. The predicted octanol–water partition coefficient (Wildman–Crippen LogP) is 2.44. The molecule has 106 valence electrons. The molecule has 0 heterocycles. The number of hydrogen-bond donors (Lipinski definition) is 2. The summed E-state index contributed by atoms with van der Waals surface area (Å²) in [5.74, 6) is 0.238. The van der Waals surface area contributed by atoms with Crippen LogP contribution in [0, 0.1) is 11.7 Å². The number of carbonyl (C=O) groups excluding carboxylic acids is 1. The van der Waals surface area contributed by atoms with Crippen molar-refractivity contribution in [3.05, 3.63) is 30.1 Å². The average Bonchev–Trinajstić information content (AvgIpc) is 2.40. The van der Waals surface area contributed by atoms with Gasteiger partial charge in [0.05, 0.1) is 0 Å². The van der Waals surface area contributed by atoms with E-state index in [1.165, 1.54) is 17.8 Å². The molecule has 3 nitrogen and oxygen atoms in total. The number of aliphatic hydroxyl groups is 1. The van der Waals surface area contributed by atoms with E-state index in [0.29, 0.717) is 17.1 Å². The predicted molar refractivity (Wildman–Crippen MR) is 75.6 cm³/mol. The van der Waals surface area contributed by atoms with Crippen molar-refractivity contribution >= 4 is 17.7 Å². The molecule has 1 aromatic rings. The van der Waals surface area contributed by atoms with Gasteiger partial charge in [0.1, 0.15) is 5.82 Å². The van der Waals surface area contributed by atoms with Gasteiger partial charge in [0.25, 0.3) is 0 Å². The van der Waals surface area contributed by atoms with E-state index in [2.05, 4.69) is 5.32 Å². The number of benzene rings is 1. The van der Waals surface area contributed by atoms with Crippen LogP contribution in [0.1, 0.15) is 20.3 Å². The van der Waals surface area contributed by atoms with Gasteiger partial charge in [-0.15, -0.1) is 11.8 Å². The van der Waals surface area contributed by atoms with Gasteiger partial charge in [0.15, 0.2) is 0 Å². The van der Waals surface area contributed by atoms with Crippen molar-refractivity contribution in [1.29, 1.82) is 0 Å². The molecular weight excluding hydrogens is 265 g/mol. The zero-order valence-corrected chi connectivity index (χ0v) is 12.0. The fourth-order valence-electron chi connectivity index (χ4n) is 1.44. The van der Waals surface area contributed by atoms with Crippen molar-refractivity contribution in [2.24, 2.45) is 5.92 Å². The largest absolute Gasteiger partial charge is 0.396 e. The third-order valence-electron chi connectivity index (χ3n) is 2.95. The second kappa shape index (κ2) is 8.17. The zero-order chi connectivity index (χ0) is 14.3. The molecule has 0 bridgehead atoms. The molecule has 2 unspecified atom stereocenters. The summed E-state index contributed by atoms with van der Waals surface area (Å²) in [6.45, 7) is 3.78. The first kappa shape index (κ1) is 16.0. The summed E-state index contributed by atoms with van der Waals surface area (Å²) in [5.41, 5.74) is 0. The molecule has 2 N–H and O–H groups in total. The van der Waals surface area contributed by atoms with E-state index in [0.717, 1.165) is 0 Å². The molecule has 1 amide bonds. The Bertz CT molecular complexity index is 414. The molecular formula is C14H20FNO2S. The molecule has 1 aromatic carbocycles. The maximum absolute atomic E-state index is 13.3. The van der Waals surface area contributed by atoms with E-state index in [9.17, 15) is 9.18 Å². The lowest BCUT2D eigenvalue weighted by atomic mass is 10.1. The minimum atomic E-state index is -0.254. The number of halogens is 1. The normalized spacial score (nSPS) is 13.9. The van der Waals surface area contributed by atoms with E-state index in [1.807, 2.05) is 13.8 Å². The number of carbonyl (C=O) groups is 1. The van der Waals surface area contributed by atoms with Crippen LogP contribution in [-0.2, 0) is 4.79 Å². The first-order chi connectivity index (χ1) is 9.04. The fourth-order valence-corrected chi connectivity index (χ4v) is 2.33. The van der Waals surface area contributed by atoms with Crippen LogP contribution in [0.25, 0.3) is 0 Å². The number of amides is 1. The standard InChI is InChI=1S/C14H20FNO2S/c1-10(9-17)11(2)16-14(18)7-8-19-13-6-4-3-5-12(13)15/h3-6,10-11,17H,7-9H2,1-2H3,(H,16,18). The van der Waals surface area contributed by atoms with E-state index in [1.54, 1.807) is 18.2 Å². The second-order valence-electron chi connectivity index (χ2n) is 4.54. The Hall–Kier alpha value is -1.07. The maximum atomic E-state index is 13.3.